The Bertz CT molecular complexity index is 605. The number of benzene rings is 1. The van der Waals surface area contributed by atoms with Gasteiger partial charge in [0.25, 0.3) is 5.91 Å². The van der Waals surface area contributed by atoms with E-state index in [-0.39, 0.29) is 5.56 Å². The third kappa shape index (κ3) is 3.65. The van der Waals surface area contributed by atoms with Crippen LogP contribution >= 0.6 is 34.7 Å². The molecule has 0 aliphatic heterocycles. The maximum Gasteiger partial charge on any atom is 0.260 e. The highest BCUT2D eigenvalue weighted by Gasteiger charge is 2.14. The summed E-state index contributed by atoms with van der Waals surface area (Å²) in [5.41, 5.74) is -0.118. The molecule has 100 valence electrons. The molecule has 1 aromatic heterocycles. The van der Waals surface area contributed by atoms with E-state index in [9.17, 15) is 9.18 Å². The molecule has 0 unspecified atom stereocenters. The Morgan fingerprint density at radius 2 is 2.32 bits per heavy atom. The summed E-state index contributed by atoms with van der Waals surface area (Å²) in [6.45, 7) is 1.99. The molecule has 0 atom stereocenters. The third-order valence-electron chi connectivity index (χ3n) is 2.07. The summed E-state index contributed by atoms with van der Waals surface area (Å²) in [6, 6.07) is 3.80. The zero-order chi connectivity index (χ0) is 13.8. The molecule has 0 bridgehead atoms. The fourth-order valence-corrected chi connectivity index (χ4v) is 3.09. The topological polar surface area (TPSA) is 54.9 Å². The first-order valence-electron chi connectivity index (χ1n) is 5.33. The molecule has 1 aromatic carbocycles. The van der Waals surface area contributed by atoms with Crippen LogP contribution in [0.15, 0.2) is 22.5 Å². The maximum atomic E-state index is 13.5. The van der Waals surface area contributed by atoms with Gasteiger partial charge in [-0.1, -0.05) is 41.6 Å². The predicted molar refractivity (Wildman–Crippen MR) is 75.7 cm³/mol. The molecule has 0 fully saturated rings. The van der Waals surface area contributed by atoms with Crippen molar-refractivity contribution in [3.63, 3.8) is 0 Å². The maximum absolute atomic E-state index is 13.5. The van der Waals surface area contributed by atoms with Gasteiger partial charge in [-0.05, 0) is 24.0 Å². The highest BCUT2D eigenvalue weighted by molar-refractivity contribution is 8.01. The molecule has 1 amide bonds. The van der Waals surface area contributed by atoms with Gasteiger partial charge in [-0.2, -0.15) is 0 Å². The highest BCUT2D eigenvalue weighted by Crippen LogP contribution is 2.25. The van der Waals surface area contributed by atoms with Crippen molar-refractivity contribution in [1.29, 1.82) is 0 Å². The first kappa shape index (κ1) is 14.2. The quantitative estimate of drug-likeness (QED) is 0.690. The number of hydrogen-bond acceptors (Lipinski definition) is 5. The number of amides is 1. The fraction of sp³-hybridized carbons (Fsp3) is 0.182. The average molecular weight is 318 g/mol. The van der Waals surface area contributed by atoms with E-state index in [1.165, 1.54) is 35.2 Å². The van der Waals surface area contributed by atoms with Gasteiger partial charge >= 0.3 is 0 Å². The number of carbonyl (C=O) groups excluding carboxylic acids is 1. The number of carbonyl (C=O) groups is 1. The van der Waals surface area contributed by atoms with Crippen molar-refractivity contribution in [1.82, 2.24) is 10.2 Å². The molecular formula is C11H9ClFN3OS2. The molecule has 0 aliphatic rings. The smallest absolute Gasteiger partial charge is 0.260 e. The first-order valence-corrected chi connectivity index (χ1v) is 7.51. The lowest BCUT2D eigenvalue weighted by Gasteiger charge is -2.02. The zero-order valence-electron chi connectivity index (χ0n) is 9.81. The molecule has 0 aliphatic carbocycles. The molecule has 4 nitrogen and oxygen atoms in total. The van der Waals surface area contributed by atoms with Gasteiger partial charge in [0.2, 0.25) is 5.13 Å². The van der Waals surface area contributed by atoms with Crippen LogP contribution in [0.5, 0.6) is 0 Å². The molecule has 2 aromatic rings. The van der Waals surface area contributed by atoms with Crippen LogP contribution in [0, 0.1) is 5.82 Å². The summed E-state index contributed by atoms with van der Waals surface area (Å²) >= 11 is 8.50. The fourth-order valence-electron chi connectivity index (χ4n) is 1.28. The van der Waals surface area contributed by atoms with E-state index in [1.54, 1.807) is 0 Å². The number of nitrogens with one attached hydrogen (secondary N) is 1. The lowest BCUT2D eigenvalue weighted by atomic mass is 10.2. The monoisotopic (exact) mass is 317 g/mol. The van der Waals surface area contributed by atoms with Gasteiger partial charge in [0.05, 0.1) is 5.56 Å². The average Bonchev–Trinajstić information content (AvgIpc) is 2.80. The van der Waals surface area contributed by atoms with Gasteiger partial charge in [-0.25, -0.2) is 4.39 Å². The van der Waals surface area contributed by atoms with Crippen LogP contribution < -0.4 is 5.32 Å². The number of halogens is 2. The Kier molecular flexibility index (Phi) is 4.73. The minimum absolute atomic E-state index is 0.118. The van der Waals surface area contributed by atoms with Crippen molar-refractivity contribution in [3.8, 4) is 0 Å². The van der Waals surface area contributed by atoms with Crippen LogP contribution in [0.25, 0.3) is 0 Å². The molecule has 0 radical (unpaired) electrons. The first-order chi connectivity index (χ1) is 9.10. The zero-order valence-corrected chi connectivity index (χ0v) is 12.2. The Morgan fingerprint density at radius 3 is 3.05 bits per heavy atom. The van der Waals surface area contributed by atoms with E-state index >= 15 is 0 Å². The third-order valence-corrected chi connectivity index (χ3v) is 4.16. The van der Waals surface area contributed by atoms with E-state index in [0.29, 0.717) is 10.2 Å². The summed E-state index contributed by atoms with van der Waals surface area (Å²) in [7, 11) is 0. The lowest BCUT2D eigenvalue weighted by molar-refractivity contribution is 0.102. The number of aromatic nitrogens is 2. The van der Waals surface area contributed by atoms with Crippen molar-refractivity contribution in [2.45, 2.75) is 11.3 Å². The van der Waals surface area contributed by atoms with E-state index in [4.69, 9.17) is 11.6 Å². The van der Waals surface area contributed by atoms with Gasteiger partial charge in [0, 0.05) is 5.02 Å². The van der Waals surface area contributed by atoms with E-state index in [0.717, 1.165) is 16.2 Å². The van der Waals surface area contributed by atoms with Gasteiger partial charge < -0.3 is 0 Å². The predicted octanol–water partition coefficient (Wildman–Crippen LogP) is 3.69. The Labute approximate surface area is 122 Å². The molecule has 19 heavy (non-hydrogen) atoms. The summed E-state index contributed by atoms with van der Waals surface area (Å²) in [6.07, 6.45) is 0. The van der Waals surface area contributed by atoms with Crippen molar-refractivity contribution < 1.29 is 9.18 Å². The van der Waals surface area contributed by atoms with E-state index < -0.39 is 11.7 Å². The molecule has 0 saturated carbocycles. The molecule has 0 spiro atoms. The Morgan fingerprint density at radius 1 is 1.53 bits per heavy atom. The minimum atomic E-state index is -0.630. The normalized spacial score (nSPS) is 10.5. The van der Waals surface area contributed by atoms with Crippen LogP contribution in [0.3, 0.4) is 0 Å². The van der Waals surface area contributed by atoms with E-state index in [1.807, 2.05) is 6.92 Å². The van der Waals surface area contributed by atoms with Gasteiger partial charge in [0.1, 0.15) is 5.82 Å². The summed E-state index contributed by atoms with van der Waals surface area (Å²) in [5.74, 6) is -0.357. The summed E-state index contributed by atoms with van der Waals surface area (Å²) in [5, 5.41) is 10.8. The van der Waals surface area contributed by atoms with Crippen LogP contribution in [0.4, 0.5) is 9.52 Å². The van der Waals surface area contributed by atoms with Crippen LogP contribution in [0.1, 0.15) is 17.3 Å². The van der Waals surface area contributed by atoms with Crippen molar-refractivity contribution >= 4 is 45.7 Å². The second-order valence-electron chi connectivity index (χ2n) is 3.38. The Hall–Kier alpha value is -1.18. The SMILES string of the molecule is CCSc1nnc(NC(=O)c2cc(Cl)ccc2F)s1. The van der Waals surface area contributed by atoms with Gasteiger partial charge in [-0.15, -0.1) is 10.2 Å². The highest BCUT2D eigenvalue weighted by atomic mass is 35.5. The van der Waals surface area contributed by atoms with Crippen molar-refractivity contribution in [3.05, 3.63) is 34.6 Å². The molecule has 0 saturated heterocycles. The standard InChI is InChI=1S/C11H9ClFN3OS2/c1-2-18-11-16-15-10(19-11)14-9(17)7-5-6(12)3-4-8(7)13/h3-5H,2H2,1H3,(H,14,15,17). The summed E-state index contributed by atoms with van der Waals surface area (Å²) in [4.78, 5) is 11.9. The second-order valence-corrected chi connectivity index (χ2v) is 6.31. The largest absolute Gasteiger partial charge is 0.296 e. The molecule has 1 N–H and O–H groups in total. The second kappa shape index (κ2) is 6.31. The number of hydrogen-bond donors (Lipinski definition) is 1. The Balaban J connectivity index is 2.13. The van der Waals surface area contributed by atoms with Gasteiger partial charge in [-0.3, -0.25) is 10.1 Å². The number of nitrogens with zero attached hydrogens (tertiary/aromatic N) is 2. The van der Waals surface area contributed by atoms with Crippen molar-refractivity contribution in [2.75, 3.05) is 11.1 Å². The van der Waals surface area contributed by atoms with Crippen LogP contribution in [-0.4, -0.2) is 21.9 Å². The number of anilines is 1. The summed E-state index contributed by atoms with van der Waals surface area (Å²) < 4.78 is 14.2. The van der Waals surface area contributed by atoms with Gasteiger partial charge in [0.15, 0.2) is 4.34 Å². The minimum Gasteiger partial charge on any atom is -0.296 e. The van der Waals surface area contributed by atoms with Crippen molar-refractivity contribution in [2.24, 2.45) is 0 Å². The molecule has 8 heteroatoms. The lowest BCUT2D eigenvalue weighted by Crippen LogP contribution is -2.13. The van der Waals surface area contributed by atoms with Crippen LogP contribution in [0.2, 0.25) is 5.02 Å². The number of thioether (sulfide) groups is 1. The molecular weight excluding hydrogens is 309 g/mol. The van der Waals surface area contributed by atoms with E-state index in [2.05, 4.69) is 15.5 Å². The number of rotatable bonds is 4. The molecule has 2 rings (SSSR count). The van der Waals surface area contributed by atoms with Crippen LogP contribution in [-0.2, 0) is 0 Å². The molecule has 1 heterocycles.